The van der Waals surface area contributed by atoms with Gasteiger partial charge in [0.15, 0.2) is 0 Å². The Morgan fingerprint density at radius 3 is 2.00 bits per heavy atom. The van der Waals surface area contributed by atoms with E-state index in [1.165, 1.54) is 9.80 Å². The Bertz CT molecular complexity index is 320. The van der Waals surface area contributed by atoms with Gasteiger partial charge in [0.25, 0.3) is 0 Å². The molecule has 0 fully saturated rings. The van der Waals surface area contributed by atoms with Gasteiger partial charge in [-0.15, -0.1) is 0 Å². The molecule has 0 bridgehead atoms. The van der Waals surface area contributed by atoms with Crippen LogP contribution in [0.2, 0.25) is 0 Å². The van der Waals surface area contributed by atoms with Crippen LogP contribution in [0.4, 0.5) is 4.79 Å². The summed E-state index contributed by atoms with van der Waals surface area (Å²) in [5.41, 5.74) is 5.11. The fourth-order valence-electron chi connectivity index (χ4n) is 1.65. The molecule has 0 aliphatic carbocycles. The summed E-state index contributed by atoms with van der Waals surface area (Å²) in [6.45, 7) is 4.01. The van der Waals surface area contributed by atoms with Gasteiger partial charge in [-0.2, -0.15) is 0 Å². The monoisotopic (exact) mass is 273 g/mol. The van der Waals surface area contributed by atoms with Crippen LogP contribution in [0.15, 0.2) is 0 Å². The molecule has 0 radical (unpaired) electrons. The minimum Gasteiger partial charge on any atom is -0.480 e. The Labute approximate surface area is 113 Å². The molecule has 0 aliphatic heterocycles. The summed E-state index contributed by atoms with van der Waals surface area (Å²) in [7, 11) is 0. The van der Waals surface area contributed by atoms with Crippen LogP contribution in [0.5, 0.6) is 0 Å². The summed E-state index contributed by atoms with van der Waals surface area (Å²) in [5.74, 6) is -1.67. The summed E-state index contributed by atoms with van der Waals surface area (Å²) >= 11 is 0. The highest BCUT2D eigenvalue weighted by Gasteiger charge is 2.23. The van der Waals surface area contributed by atoms with Crippen LogP contribution in [0.1, 0.15) is 33.1 Å². The molecule has 3 amide bonds. The van der Waals surface area contributed by atoms with E-state index in [-0.39, 0.29) is 13.1 Å². The van der Waals surface area contributed by atoms with Crippen LogP contribution in [-0.2, 0) is 9.59 Å². The third-order valence-electron chi connectivity index (χ3n) is 2.49. The van der Waals surface area contributed by atoms with E-state index < -0.39 is 17.9 Å². The Kier molecular flexibility index (Phi) is 8.32. The van der Waals surface area contributed by atoms with E-state index in [0.29, 0.717) is 19.5 Å². The molecule has 0 saturated carbocycles. The number of primary amides is 1. The number of unbranched alkanes of at least 4 members (excludes halogenated alkanes) is 1. The number of urea groups is 1. The van der Waals surface area contributed by atoms with Crippen molar-refractivity contribution < 1.29 is 19.5 Å². The number of carbonyl (C=O) groups excluding carboxylic acids is 2. The lowest BCUT2D eigenvalue weighted by Crippen LogP contribution is -2.48. The van der Waals surface area contributed by atoms with Crippen molar-refractivity contribution in [3.63, 3.8) is 0 Å². The second-order valence-electron chi connectivity index (χ2n) is 4.34. The first kappa shape index (κ1) is 17.2. The number of nitrogens with two attached hydrogens (primary N) is 1. The van der Waals surface area contributed by atoms with Gasteiger partial charge in [-0.1, -0.05) is 20.3 Å². The van der Waals surface area contributed by atoms with Gasteiger partial charge in [-0.05, 0) is 12.8 Å². The van der Waals surface area contributed by atoms with Crippen molar-refractivity contribution in [3.05, 3.63) is 0 Å². The number of hydrogen-bond acceptors (Lipinski definition) is 3. The Balaban J connectivity index is 4.77. The number of nitrogens with zero attached hydrogens (tertiary/aromatic N) is 2. The summed E-state index contributed by atoms with van der Waals surface area (Å²) in [5, 5.41) is 8.80. The van der Waals surface area contributed by atoms with Crippen molar-refractivity contribution in [1.82, 2.24) is 9.80 Å². The minimum absolute atomic E-state index is 0.182. The van der Waals surface area contributed by atoms with Crippen LogP contribution >= 0.6 is 0 Å². The zero-order chi connectivity index (χ0) is 14.8. The van der Waals surface area contributed by atoms with Crippen molar-refractivity contribution in [2.45, 2.75) is 33.1 Å². The maximum absolute atomic E-state index is 12.2. The van der Waals surface area contributed by atoms with E-state index in [1.807, 2.05) is 13.8 Å². The highest BCUT2D eigenvalue weighted by molar-refractivity contribution is 5.85. The Morgan fingerprint density at radius 1 is 1.00 bits per heavy atom. The van der Waals surface area contributed by atoms with Crippen molar-refractivity contribution in [2.75, 3.05) is 26.2 Å². The van der Waals surface area contributed by atoms with E-state index >= 15 is 0 Å². The van der Waals surface area contributed by atoms with Gasteiger partial charge in [0.05, 0.1) is 0 Å². The second-order valence-corrected chi connectivity index (χ2v) is 4.34. The standard InChI is InChI=1S/C12H23N3O4/c1-3-5-7-15(8-10(13)16)12(19)14(6-4-2)9-11(17)18/h3-9H2,1-2H3,(H2,13,16)(H,17,18). The number of amides is 3. The predicted octanol–water partition coefficient (Wildman–Crippen LogP) is 0.490. The SMILES string of the molecule is CCCCN(CC(N)=O)C(=O)N(CCC)CC(=O)O. The van der Waals surface area contributed by atoms with Crippen LogP contribution in [0.3, 0.4) is 0 Å². The van der Waals surface area contributed by atoms with Crippen LogP contribution < -0.4 is 5.73 Å². The third kappa shape index (κ3) is 7.28. The first-order valence-electron chi connectivity index (χ1n) is 6.46. The van der Waals surface area contributed by atoms with Gasteiger partial charge in [0.2, 0.25) is 5.91 Å². The average Bonchev–Trinajstić information content (AvgIpc) is 2.32. The number of rotatable bonds is 9. The maximum atomic E-state index is 12.2. The maximum Gasteiger partial charge on any atom is 0.323 e. The molecule has 0 aliphatic rings. The lowest BCUT2D eigenvalue weighted by atomic mass is 10.3. The molecule has 0 unspecified atom stereocenters. The van der Waals surface area contributed by atoms with Crippen molar-refractivity contribution in [2.24, 2.45) is 5.73 Å². The summed E-state index contributed by atoms with van der Waals surface area (Å²) in [6.07, 6.45) is 2.26. The molecule has 0 atom stereocenters. The smallest absolute Gasteiger partial charge is 0.323 e. The van der Waals surface area contributed by atoms with E-state index in [2.05, 4.69) is 0 Å². The lowest BCUT2D eigenvalue weighted by molar-refractivity contribution is -0.137. The van der Waals surface area contributed by atoms with Gasteiger partial charge < -0.3 is 20.6 Å². The Hall–Kier alpha value is -1.79. The number of hydrogen-bond donors (Lipinski definition) is 2. The molecule has 0 rings (SSSR count). The first-order chi connectivity index (χ1) is 8.92. The van der Waals surface area contributed by atoms with Gasteiger partial charge in [0, 0.05) is 13.1 Å². The van der Waals surface area contributed by atoms with Crippen molar-refractivity contribution >= 4 is 17.9 Å². The third-order valence-corrected chi connectivity index (χ3v) is 2.49. The molecule has 0 aromatic rings. The predicted molar refractivity (Wildman–Crippen MR) is 70.6 cm³/mol. The highest BCUT2D eigenvalue weighted by atomic mass is 16.4. The molecular weight excluding hydrogens is 250 g/mol. The molecule has 0 aromatic heterocycles. The van der Waals surface area contributed by atoms with Crippen molar-refractivity contribution in [3.8, 4) is 0 Å². The fourth-order valence-corrected chi connectivity index (χ4v) is 1.65. The number of aliphatic carboxylic acids is 1. The zero-order valence-corrected chi connectivity index (χ0v) is 11.6. The molecule has 19 heavy (non-hydrogen) atoms. The van der Waals surface area contributed by atoms with E-state index in [4.69, 9.17) is 10.8 Å². The van der Waals surface area contributed by atoms with Gasteiger partial charge in [-0.3, -0.25) is 9.59 Å². The number of carboxylic acid groups (broad SMARTS) is 1. The molecule has 3 N–H and O–H groups in total. The van der Waals surface area contributed by atoms with Gasteiger partial charge in [0.1, 0.15) is 13.1 Å². The Morgan fingerprint density at radius 2 is 1.58 bits per heavy atom. The molecule has 7 nitrogen and oxygen atoms in total. The number of carboxylic acids is 1. The molecule has 7 heteroatoms. The van der Waals surface area contributed by atoms with Crippen LogP contribution in [0.25, 0.3) is 0 Å². The van der Waals surface area contributed by atoms with Crippen molar-refractivity contribution in [1.29, 1.82) is 0 Å². The fraction of sp³-hybridized carbons (Fsp3) is 0.750. The molecule has 0 aromatic carbocycles. The van der Waals surface area contributed by atoms with E-state index in [1.54, 1.807) is 0 Å². The van der Waals surface area contributed by atoms with Gasteiger partial charge >= 0.3 is 12.0 Å². The first-order valence-corrected chi connectivity index (χ1v) is 6.46. The minimum atomic E-state index is -1.07. The van der Waals surface area contributed by atoms with E-state index in [9.17, 15) is 14.4 Å². The second kappa shape index (κ2) is 9.18. The lowest BCUT2D eigenvalue weighted by Gasteiger charge is -2.28. The van der Waals surface area contributed by atoms with Crippen LogP contribution in [0, 0.1) is 0 Å². The van der Waals surface area contributed by atoms with Gasteiger partial charge in [-0.25, -0.2) is 4.79 Å². The highest BCUT2D eigenvalue weighted by Crippen LogP contribution is 2.03. The molecular formula is C12H23N3O4. The largest absolute Gasteiger partial charge is 0.480 e. The quantitative estimate of drug-likeness (QED) is 0.638. The summed E-state index contributed by atoms with van der Waals surface area (Å²) in [4.78, 5) is 36.4. The number of carbonyl (C=O) groups is 3. The molecule has 0 spiro atoms. The van der Waals surface area contributed by atoms with E-state index in [0.717, 1.165) is 12.8 Å². The molecule has 0 heterocycles. The topological polar surface area (TPSA) is 104 Å². The van der Waals surface area contributed by atoms with Crippen LogP contribution in [-0.4, -0.2) is 59.0 Å². The summed E-state index contributed by atoms with van der Waals surface area (Å²) < 4.78 is 0. The molecule has 0 saturated heterocycles. The average molecular weight is 273 g/mol. The molecule has 110 valence electrons. The zero-order valence-electron chi connectivity index (χ0n) is 11.6. The summed E-state index contributed by atoms with van der Waals surface area (Å²) in [6, 6.07) is -0.448. The normalized spacial score (nSPS) is 10.0.